The molecule has 1 aromatic rings. The number of halogens is 1. The average molecular weight is 272 g/mol. The van der Waals surface area contributed by atoms with Crippen molar-refractivity contribution in [2.75, 3.05) is 6.54 Å². The first-order chi connectivity index (χ1) is 8.16. The second-order valence-electron chi connectivity index (χ2n) is 5.34. The highest BCUT2D eigenvalue weighted by atomic mass is 35.5. The predicted octanol–water partition coefficient (Wildman–Crippen LogP) is 4.88. The van der Waals surface area contributed by atoms with Crippen LogP contribution in [0.25, 0.3) is 0 Å². The van der Waals surface area contributed by atoms with Crippen LogP contribution in [-0.2, 0) is 0 Å². The van der Waals surface area contributed by atoms with Crippen molar-refractivity contribution >= 4 is 22.9 Å². The molecule has 0 radical (unpaired) electrons. The zero-order valence-corrected chi connectivity index (χ0v) is 12.3. The summed E-state index contributed by atoms with van der Waals surface area (Å²) in [5, 5.41) is 5.82. The van der Waals surface area contributed by atoms with Gasteiger partial charge in [0.15, 0.2) is 0 Å². The van der Waals surface area contributed by atoms with Gasteiger partial charge in [-0.2, -0.15) is 0 Å². The Morgan fingerprint density at radius 1 is 1.47 bits per heavy atom. The SMILES string of the molecule is CC(NCC1CCCCC1C)c1csc(Cl)c1. The summed E-state index contributed by atoms with van der Waals surface area (Å²) >= 11 is 7.59. The van der Waals surface area contributed by atoms with Crippen molar-refractivity contribution in [1.29, 1.82) is 0 Å². The highest BCUT2D eigenvalue weighted by molar-refractivity contribution is 7.14. The minimum Gasteiger partial charge on any atom is -0.310 e. The van der Waals surface area contributed by atoms with Gasteiger partial charge in [-0.15, -0.1) is 11.3 Å². The van der Waals surface area contributed by atoms with E-state index in [0.29, 0.717) is 6.04 Å². The van der Waals surface area contributed by atoms with Crippen LogP contribution in [-0.4, -0.2) is 6.54 Å². The van der Waals surface area contributed by atoms with Gasteiger partial charge < -0.3 is 5.32 Å². The molecule has 17 heavy (non-hydrogen) atoms. The van der Waals surface area contributed by atoms with Crippen molar-refractivity contribution in [2.24, 2.45) is 11.8 Å². The van der Waals surface area contributed by atoms with Gasteiger partial charge in [-0.1, -0.05) is 37.8 Å². The van der Waals surface area contributed by atoms with E-state index in [9.17, 15) is 0 Å². The van der Waals surface area contributed by atoms with Crippen LogP contribution >= 0.6 is 22.9 Å². The lowest BCUT2D eigenvalue weighted by atomic mass is 9.80. The van der Waals surface area contributed by atoms with Crippen LogP contribution in [0.2, 0.25) is 4.34 Å². The molecule has 1 aliphatic carbocycles. The van der Waals surface area contributed by atoms with E-state index in [1.54, 1.807) is 11.3 Å². The molecular weight excluding hydrogens is 250 g/mol. The molecule has 1 aromatic heterocycles. The van der Waals surface area contributed by atoms with Crippen LogP contribution in [0, 0.1) is 11.8 Å². The van der Waals surface area contributed by atoms with Crippen LogP contribution in [0.4, 0.5) is 0 Å². The molecule has 1 saturated carbocycles. The lowest BCUT2D eigenvalue weighted by molar-refractivity contribution is 0.242. The number of rotatable bonds is 4. The average Bonchev–Trinajstić information content (AvgIpc) is 2.74. The monoisotopic (exact) mass is 271 g/mol. The van der Waals surface area contributed by atoms with E-state index in [1.807, 2.05) is 0 Å². The number of hydrogen-bond donors (Lipinski definition) is 1. The normalized spacial score (nSPS) is 27.0. The maximum atomic E-state index is 5.97. The molecule has 2 rings (SSSR count). The molecule has 96 valence electrons. The summed E-state index contributed by atoms with van der Waals surface area (Å²) in [7, 11) is 0. The topological polar surface area (TPSA) is 12.0 Å². The van der Waals surface area contributed by atoms with Crippen molar-refractivity contribution in [2.45, 2.75) is 45.6 Å². The van der Waals surface area contributed by atoms with Gasteiger partial charge in [0.25, 0.3) is 0 Å². The first-order valence-electron chi connectivity index (χ1n) is 6.64. The molecule has 3 atom stereocenters. The smallest absolute Gasteiger partial charge is 0.0931 e. The minimum atomic E-state index is 0.424. The zero-order chi connectivity index (χ0) is 12.3. The highest BCUT2D eigenvalue weighted by Crippen LogP contribution is 2.30. The third-order valence-corrected chi connectivity index (χ3v) is 5.17. The van der Waals surface area contributed by atoms with Crippen LogP contribution < -0.4 is 5.32 Å². The van der Waals surface area contributed by atoms with E-state index in [1.165, 1.54) is 31.2 Å². The molecule has 0 saturated heterocycles. The molecule has 0 spiro atoms. The molecule has 1 fully saturated rings. The summed E-state index contributed by atoms with van der Waals surface area (Å²) in [5.41, 5.74) is 1.32. The van der Waals surface area contributed by atoms with Crippen LogP contribution in [0.15, 0.2) is 11.4 Å². The van der Waals surface area contributed by atoms with Crippen molar-refractivity contribution in [3.63, 3.8) is 0 Å². The highest BCUT2D eigenvalue weighted by Gasteiger charge is 2.21. The lowest BCUT2D eigenvalue weighted by Gasteiger charge is -2.30. The van der Waals surface area contributed by atoms with Crippen LogP contribution in [0.1, 0.15) is 51.1 Å². The van der Waals surface area contributed by atoms with E-state index < -0.39 is 0 Å². The molecule has 0 aliphatic heterocycles. The lowest BCUT2D eigenvalue weighted by Crippen LogP contribution is -2.30. The molecule has 1 N–H and O–H groups in total. The Hall–Kier alpha value is -0.0500. The summed E-state index contributed by atoms with van der Waals surface area (Å²) in [5.74, 6) is 1.75. The van der Waals surface area contributed by atoms with E-state index in [0.717, 1.165) is 22.7 Å². The molecule has 0 amide bonds. The third kappa shape index (κ3) is 3.70. The van der Waals surface area contributed by atoms with Gasteiger partial charge in [-0.25, -0.2) is 0 Å². The first kappa shape index (κ1) is 13.4. The second kappa shape index (κ2) is 6.21. The molecule has 1 heterocycles. The Morgan fingerprint density at radius 2 is 2.24 bits per heavy atom. The number of thiophene rings is 1. The van der Waals surface area contributed by atoms with Gasteiger partial charge in [0.2, 0.25) is 0 Å². The fraction of sp³-hybridized carbons (Fsp3) is 0.714. The standard InChI is InChI=1S/C14H22ClNS/c1-10-5-3-4-6-12(10)8-16-11(2)13-7-14(15)17-9-13/h7,9-12,16H,3-6,8H2,1-2H3. The van der Waals surface area contributed by atoms with Crippen LogP contribution in [0.5, 0.6) is 0 Å². The molecule has 1 nitrogen and oxygen atoms in total. The van der Waals surface area contributed by atoms with Crippen LogP contribution in [0.3, 0.4) is 0 Å². The van der Waals surface area contributed by atoms with Gasteiger partial charge in [-0.05, 0) is 48.7 Å². The van der Waals surface area contributed by atoms with Crippen molar-refractivity contribution < 1.29 is 0 Å². The van der Waals surface area contributed by atoms with Crippen molar-refractivity contribution in [1.82, 2.24) is 5.32 Å². The first-order valence-corrected chi connectivity index (χ1v) is 7.90. The Labute approximate surface area is 114 Å². The quantitative estimate of drug-likeness (QED) is 0.823. The van der Waals surface area contributed by atoms with E-state index in [-0.39, 0.29) is 0 Å². The minimum absolute atomic E-state index is 0.424. The Morgan fingerprint density at radius 3 is 2.88 bits per heavy atom. The van der Waals surface area contributed by atoms with E-state index >= 15 is 0 Å². The Balaban J connectivity index is 1.81. The molecular formula is C14H22ClNS. The van der Waals surface area contributed by atoms with E-state index in [2.05, 4.69) is 30.6 Å². The molecule has 3 unspecified atom stereocenters. The maximum absolute atomic E-state index is 5.97. The summed E-state index contributed by atoms with van der Waals surface area (Å²) in [6.45, 7) is 5.78. The summed E-state index contributed by atoms with van der Waals surface area (Å²) < 4.78 is 0.889. The summed E-state index contributed by atoms with van der Waals surface area (Å²) in [6.07, 6.45) is 5.64. The number of nitrogens with one attached hydrogen (secondary N) is 1. The van der Waals surface area contributed by atoms with Crippen molar-refractivity contribution in [3.8, 4) is 0 Å². The molecule has 3 heteroatoms. The third-order valence-electron chi connectivity index (χ3n) is 4.06. The Kier molecular flexibility index (Phi) is 4.89. The summed E-state index contributed by atoms with van der Waals surface area (Å²) in [6, 6.07) is 2.50. The zero-order valence-electron chi connectivity index (χ0n) is 10.7. The molecule has 0 bridgehead atoms. The van der Waals surface area contributed by atoms with Crippen molar-refractivity contribution in [3.05, 3.63) is 21.3 Å². The largest absolute Gasteiger partial charge is 0.310 e. The molecule has 1 aliphatic rings. The summed E-state index contributed by atoms with van der Waals surface area (Å²) in [4.78, 5) is 0. The second-order valence-corrected chi connectivity index (χ2v) is 6.88. The number of hydrogen-bond acceptors (Lipinski definition) is 2. The maximum Gasteiger partial charge on any atom is 0.0931 e. The van der Waals surface area contributed by atoms with Gasteiger partial charge >= 0.3 is 0 Å². The van der Waals surface area contributed by atoms with Gasteiger partial charge in [-0.3, -0.25) is 0 Å². The Bertz CT molecular complexity index is 350. The van der Waals surface area contributed by atoms with Gasteiger partial charge in [0, 0.05) is 6.04 Å². The molecule has 0 aromatic carbocycles. The predicted molar refractivity (Wildman–Crippen MR) is 76.9 cm³/mol. The fourth-order valence-electron chi connectivity index (χ4n) is 2.69. The fourth-order valence-corrected chi connectivity index (χ4v) is 3.68. The van der Waals surface area contributed by atoms with E-state index in [4.69, 9.17) is 11.6 Å². The van der Waals surface area contributed by atoms with Gasteiger partial charge in [0.1, 0.15) is 0 Å². The van der Waals surface area contributed by atoms with Gasteiger partial charge in [0.05, 0.1) is 4.34 Å².